The molecule has 3 aliphatic rings. The molecule has 160 valence electrons. The van der Waals surface area contributed by atoms with Gasteiger partial charge in [-0.3, -0.25) is 14.6 Å². The minimum atomic E-state index is -3.30. The number of carbonyl (C=O) groups excluding carboxylic acids is 1. The molecule has 9 heteroatoms. The van der Waals surface area contributed by atoms with E-state index >= 15 is 0 Å². The molecule has 2 aromatic rings. The molecular formula is C21H23ClFN3O3S. The number of carbonyl (C=O) groups is 1. The predicted molar refractivity (Wildman–Crippen MR) is 114 cm³/mol. The van der Waals surface area contributed by atoms with E-state index in [1.165, 1.54) is 18.2 Å². The number of hydrogen-bond donors (Lipinski definition) is 1. The number of benzene rings is 2. The Labute approximate surface area is 180 Å². The van der Waals surface area contributed by atoms with Crippen molar-refractivity contribution in [1.29, 1.82) is 0 Å². The van der Waals surface area contributed by atoms with E-state index in [0.717, 1.165) is 6.42 Å². The number of piperazine rings is 1. The molecule has 5 rings (SSSR count). The summed E-state index contributed by atoms with van der Waals surface area (Å²) in [4.78, 5) is 16.9. The molecule has 1 amide bonds. The first-order chi connectivity index (χ1) is 14.3. The van der Waals surface area contributed by atoms with Gasteiger partial charge in [0.15, 0.2) is 9.84 Å². The fourth-order valence-electron chi connectivity index (χ4n) is 4.27. The number of amides is 1. The number of hydrogen-bond acceptors (Lipinski definition) is 5. The summed E-state index contributed by atoms with van der Waals surface area (Å²) in [6.07, 6.45) is 1.02. The highest BCUT2D eigenvalue weighted by atomic mass is 35.5. The third kappa shape index (κ3) is 4.83. The maximum absolute atomic E-state index is 13.4. The van der Waals surface area contributed by atoms with Crippen molar-refractivity contribution in [2.45, 2.75) is 23.4 Å². The van der Waals surface area contributed by atoms with E-state index in [1.54, 1.807) is 30.3 Å². The Morgan fingerprint density at radius 3 is 2.50 bits per heavy atom. The Hall–Kier alpha value is -2.00. The van der Waals surface area contributed by atoms with Crippen molar-refractivity contribution in [1.82, 2.24) is 9.80 Å². The van der Waals surface area contributed by atoms with Gasteiger partial charge in [0.2, 0.25) is 5.91 Å². The predicted octanol–water partition coefficient (Wildman–Crippen LogP) is 2.65. The maximum Gasteiger partial charge on any atom is 0.238 e. The highest BCUT2D eigenvalue weighted by Gasteiger charge is 2.44. The van der Waals surface area contributed by atoms with Crippen molar-refractivity contribution in [3.63, 3.8) is 0 Å². The monoisotopic (exact) mass is 451 g/mol. The van der Waals surface area contributed by atoms with Crippen molar-refractivity contribution in [2.75, 3.05) is 37.2 Å². The summed E-state index contributed by atoms with van der Waals surface area (Å²) in [7, 11) is -3.30. The van der Waals surface area contributed by atoms with Gasteiger partial charge < -0.3 is 5.32 Å². The molecule has 2 aromatic carbocycles. The van der Waals surface area contributed by atoms with Crippen LogP contribution in [0.2, 0.25) is 5.02 Å². The van der Waals surface area contributed by atoms with Crippen LogP contribution in [-0.2, 0) is 14.6 Å². The van der Waals surface area contributed by atoms with Crippen molar-refractivity contribution in [3.8, 4) is 0 Å². The third-order valence-corrected chi connectivity index (χ3v) is 7.58. The number of nitrogens with one attached hydrogen (secondary N) is 1. The standard InChI is InChI=1S/C21H23ClFN3O3S/c22-15-8-16(23)10-17(9-15)24-21(27)14-25-12-18-11-19(13-25)26(18)6-7-30(28,29)20-4-2-1-3-5-20/h1-5,8-10,18-19H,6-7,11-14H2,(H,24,27). The van der Waals surface area contributed by atoms with Crippen LogP contribution in [-0.4, -0.2) is 68.1 Å². The molecule has 1 N–H and O–H groups in total. The van der Waals surface area contributed by atoms with E-state index in [4.69, 9.17) is 11.6 Å². The molecule has 3 heterocycles. The van der Waals surface area contributed by atoms with E-state index in [0.29, 0.717) is 30.2 Å². The van der Waals surface area contributed by atoms with Crippen LogP contribution in [0.4, 0.5) is 10.1 Å². The van der Waals surface area contributed by atoms with Crippen molar-refractivity contribution in [3.05, 3.63) is 59.4 Å². The van der Waals surface area contributed by atoms with Gasteiger partial charge in [-0.1, -0.05) is 29.8 Å². The Bertz CT molecular complexity index is 1000. The van der Waals surface area contributed by atoms with Crippen LogP contribution >= 0.6 is 11.6 Å². The molecule has 0 aromatic heterocycles. The summed E-state index contributed by atoms with van der Waals surface area (Å²) in [6, 6.07) is 12.9. The quantitative estimate of drug-likeness (QED) is 0.700. The summed E-state index contributed by atoms with van der Waals surface area (Å²) >= 11 is 5.82. The second kappa shape index (κ2) is 8.63. The van der Waals surface area contributed by atoms with Gasteiger partial charge in [-0.15, -0.1) is 0 Å². The zero-order valence-corrected chi connectivity index (χ0v) is 17.9. The normalized spacial score (nSPS) is 21.8. The lowest BCUT2D eigenvalue weighted by Crippen LogP contribution is -2.69. The third-order valence-electron chi connectivity index (χ3n) is 5.65. The van der Waals surface area contributed by atoms with Crippen LogP contribution in [0.25, 0.3) is 0 Å². The minimum Gasteiger partial charge on any atom is -0.325 e. The van der Waals surface area contributed by atoms with Gasteiger partial charge in [-0.2, -0.15) is 0 Å². The van der Waals surface area contributed by atoms with Crippen LogP contribution in [0.3, 0.4) is 0 Å². The smallest absolute Gasteiger partial charge is 0.238 e. The van der Waals surface area contributed by atoms with Gasteiger partial charge in [0.25, 0.3) is 0 Å². The van der Waals surface area contributed by atoms with E-state index in [9.17, 15) is 17.6 Å². The molecule has 2 atom stereocenters. The molecule has 3 aliphatic heterocycles. The Morgan fingerprint density at radius 2 is 1.83 bits per heavy atom. The Morgan fingerprint density at radius 1 is 1.13 bits per heavy atom. The number of piperidine rings is 1. The Kier molecular flexibility index (Phi) is 6.11. The van der Waals surface area contributed by atoms with Gasteiger partial charge in [-0.25, -0.2) is 12.8 Å². The molecule has 0 spiro atoms. The van der Waals surface area contributed by atoms with Crippen LogP contribution in [0, 0.1) is 5.82 Å². The second-order valence-electron chi connectivity index (χ2n) is 7.81. The number of sulfone groups is 1. The molecule has 30 heavy (non-hydrogen) atoms. The SMILES string of the molecule is O=C(CN1CC2CC(C1)N2CCS(=O)(=O)c1ccccc1)Nc1cc(F)cc(Cl)c1. The molecule has 2 unspecified atom stereocenters. The summed E-state index contributed by atoms with van der Waals surface area (Å²) in [6.45, 7) is 2.12. The molecule has 6 nitrogen and oxygen atoms in total. The topological polar surface area (TPSA) is 69.7 Å². The van der Waals surface area contributed by atoms with Crippen LogP contribution in [0.5, 0.6) is 0 Å². The van der Waals surface area contributed by atoms with Crippen LogP contribution in [0.1, 0.15) is 6.42 Å². The fourth-order valence-corrected chi connectivity index (χ4v) is 5.75. The molecule has 3 fully saturated rings. The Balaban J connectivity index is 1.27. The summed E-state index contributed by atoms with van der Waals surface area (Å²) in [5.74, 6) is -0.639. The fraction of sp³-hybridized carbons (Fsp3) is 0.381. The molecule has 0 radical (unpaired) electrons. The molecular weight excluding hydrogens is 429 g/mol. The lowest BCUT2D eigenvalue weighted by atomic mass is 9.87. The lowest BCUT2D eigenvalue weighted by Gasteiger charge is -2.56. The van der Waals surface area contributed by atoms with Gasteiger partial charge >= 0.3 is 0 Å². The molecule has 2 bridgehead atoms. The summed E-state index contributed by atoms with van der Waals surface area (Å²) < 4.78 is 38.4. The molecule has 0 saturated carbocycles. The highest BCUT2D eigenvalue weighted by molar-refractivity contribution is 7.91. The zero-order valence-electron chi connectivity index (χ0n) is 16.3. The first-order valence-electron chi connectivity index (χ1n) is 9.82. The number of halogens is 2. The van der Waals surface area contributed by atoms with Crippen LogP contribution in [0.15, 0.2) is 53.4 Å². The molecule has 0 aliphatic carbocycles. The zero-order chi connectivity index (χ0) is 21.3. The van der Waals surface area contributed by atoms with Crippen molar-refractivity contribution >= 4 is 33.0 Å². The van der Waals surface area contributed by atoms with E-state index < -0.39 is 15.7 Å². The van der Waals surface area contributed by atoms with Crippen LogP contribution < -0.4 is 5.32 Å². The van der Waals surface area contributed by atoms with Gasteiger partial charge in [-0.05, 0) is 36.8 Å². The van der Waals surface area contributed by atoms with Gasteiger partial charge in [0.1, 0.15) is 5.82 Å². The number of rotatable bonds is 7. The van der Waals surface area contributed by atoms with Gasteiger partial charge in [0.05, 0.1) is 17.2 Å². The average Bonchev–Trinajstić information content (AvgIpc) is 2.67. The number of anilines is 1. The first-order valence-corrected chi connectivity index (χ1v) is 11.8. The lowest BCUT2D eigenvalue weighted by molar-refractivity contribution is -0.121. The summed E-state index contributed by atoms with van der Waals surface area (Å²) in [5.41, 5.74) is 0.333. The number of fused-ring (bicyclic) bond motifs is 2. The first kappa shape index (κ1) is 21.2. The van der Waals surface area contributed by atoms with Crippen molar-refractivity contribution in [2.24, 2.45) is 0 Å². The van der Waals surface area contributed by atoms with Crippen molar-refractivity contribution < 1.29 is 17.6 Å². The maximum atomic E-state index is 13.4. The largest absolute Gasteiger partial charge is 0.325 e. The van der Waals surface area contributed by atoms with E-state index in [1.807, 2.05) is 0 Å². The minimum absolute atomic E-state index is 0.0881. The van der Waals surface area contributed by atoms with E-state index in [-0.39, 0.29) is 35.3 Å². The van der Waals surface area contributed by atoms with Gasteiger partial charge in [0, 0.05) is 42.4 Å². The average molecular weight is 452 g/mol. The van der Waals surface area contributed by atoms with E-state index in [2.05, 4.69) is 15.1 Å². The second-order valence-corrected chi connectivity index (χ2v) is 10.4. The number of nitrogens with zero attached hydrogens (tertiary/aromatic N) is 2. The summed E-state index contributed by atoms with van der Waals surface area (Å²) in [5, 5.41) is 2.90. The highest BCUT2D eigenvalue weighted by Crippen LogP contribution is 2.32. The molecule has 3 saturated heterocycles.